The Morgan fingerprint density at radius 1 is 1.33 bits per heavy atom. The van der Waals surface area contributed by atoms with Gasteiger partial charge in [-0.1, -0.05) is 23.7 Å². The van der Waals surface area contributed by atoms with Gasteiger partial charge in [0.1, 0.15) is 0 Å². The van der Waals surface area contributed by atoms with Crippen LogP contribution in [0.1, 0.15) is 18.4 Å². The first-order chi connectivity index (χ1) is 8.78. The van der Waals surface area contributed by atoms with Crippen molar-refractivity contribution in [3.05, 3.63) is 34.9 Å². The van der Waals surface area contributed by atoms with E-state index >= 15 is 0 Å². The third-order valence-electron chi connectivity index (χ3n) is 3.73. The Labute approximate surface area is 115 Å². The number of nitrogens with one attached hydrogen (secondary N) is 1. The average Bonchev–Trinajstić information content (AvgIpc) is 2.39. The fourth-order valence-electron chi connectivity index (χ4n) is 2.75. The molecule has 1 saturated heterocycles. The molecule has 0 aliphatic carbocycles. The number of rotatable bonds is 5. The molecule has 0 spiro atoms. The van der Waals surface area contributed by atoms with Gasteiger partial charge in [0.15, 0.2) is 0 Å². The number of hydrogen-bond donors (Lipinski definition) is 1. The Morgan fingerprint density at radius 3 is 2.83 bits per heavy atom. The van der Waals surface area contributed by atoms with E-state index in [4.69, 9.17) is 11.6 Å². The topological polar surface area (TPSA) is 15.3 Å². The largest absolute Gasteiger partial charge is 0.319 e. The molecule has 1 heterocycles. The van der Waals surface area contributed by atoms with Gasteiger partial charge < -0.3 is 10.2 Å². The lowest BCUT2D eigenvalue weighted by Crippen LogP contribution is -2.39. The molecule has 100 valence electrons. The molecule has 0 saturated carbocycles. The Balaban J connectivity index is 1.77. The van der Waals surface area contributed by atoms with Gasteiger partial charge in [0.05, 0.1) is 0 Å². The predicted octanol–water partition coefficient (Wildman–Crippen LogP) is 2.81. The Bertz CT molecular complexity index is 348. The molecule has 1 aliphatic heterocycles. The second-order valence-electron chi connectivity index (χ2n) is 5.24. The van der Waals surface area contributed by atoms with Crippen molar-refractivity contribution < 1.29 is 0 Å². The lowest BCUT2D eigenvalue weighted by atomic mass is 9.97. The number of piperidine rings is 1. The van der Waals surface area contributed by atoms with E-state index in [0.29, 0.717) is 0 Å². The van der Waals surface area contributed by atoms with Crippen LogP contribution in [0.3, 0.4) is 0 Å². The van der Waals surface area contributed by atoms with Gasteiger partial charge in [-0.25, -0.2) is 0 Å². The van der Waals surface area contributed by atoms with Gasteiger partial charge in [-0.2, -0.15) is 0 Å². The fourth-order valence-corrected chi connectivity index (χ4v) is 2.87. The predicted molar refractivity (Wildman–Crippen MR) is 78.2 cm³/mol. The fraction of sp³-hybridized carbons (Fsp3) is 0.600. The van der Waals surface area contributed by atoms with Gasteiger partial charge in [-0.3, -0.25) is 0 Å². The first kappa shape index (κ1) is 13.9. The van der Waals surface area contributed by atoms with Crippen LogP contribution < -0.4 is 5.32 Å². The van der Waals surface area contributed by atoms with Gasteiger partial charge in [-0.15, -0.1) is 0 Å². The molecule has 3 heteroatoms. The van der Waals surface area contributed by atoms with Crippen LogP contribution >= 0.6 is 11.6 Å². The number of benzene rings is 1. The van der Waals surface area contributed by atoms with Crippen molar-refractivity contribution >= 4 is 11.6 Å². The zero-order valence-electron chi connectivity index (χ0n) is 11.2. The summed E-state index contributed by atoms with van der Waals surface area (Å²) < 4.78 is 0. The molecule has 1 unspecified atom stereocenters. The van der Waals surface area contributed by atoms with E-state index in [1.807, 2.05) is 19.2 Å². The van der Waals surface area contributed by atoms with Crippen molar-refractivity contribution in [2.24, 2.45) is 5.92 Å². The number of likely N-dealkylation sites (tertiary alicyclic amines) is 1. The second kappa shape index (κ2) is 7.13. The van der Waals surface area contributed by atoms with Gasteiger partial charge >= 0.3 is 0 Å². The Kier molecular flexibility index (Phi) is 5.48. The van der Waals surface area contributed by atoms with Crippen LogP contribution in [0, 0.1) is 5.92 Å². The summed E-state index contributed by atoms with van der Waals surface area (Å²) in [6, 6.07) is 8.24. The highest BCUT2D eigenvalue weighted by Gasteiger charge is 2.18. The van der Waals surface area contributed by atoms with Gasteiger partial charge in [0.25, 0.3) is 0 Å². The third-order valence-corrected chi connectivity index (χ3v) is 3.98. The molecular weight excluding hydrogens is 244 g/mol. The van der Waals surface area contributed by atoms with E-state index in [0.717, 1.165) is 23.9 Å². The van der Waals surface area contributed by atoms with Crippen molar-refractivity contribution in [1.29, 1.82) is 0 Å². The summed E-state index contributed by atoms with van der Waals surface area (Å²) in [5, 5.41) is 4.12. The van der Waals surface area contributed by atoms with E-state index in [1.54, 1.807) is 0 Å². The van der Waals surface area contributed by atoms with Crippen molar-refractivity contribution in [3.63, 3.8) is 0 Å². The first-order valence-electron chi connectivity index (χ1n) is 6.89. The highest BCUT2D eigenvalue weighted by molar-refractivity contribution is 6.30. The van der Waals surface area contributed by atoms with E-state index in [9.17, 15) is 0 Å². The molecule has 1 fully saturated rings. The SMILES string of the molecule is CNCC1CCCN(CCc2ccc(Cl)cc2)C1. The van der Waals surface area contributed by atoms with Crippen molar-refractivity contribution in [2.75, 3.05) is 33.2 Å². The zero-order chi connectivity index (χ0) is 12.8. The molecule has 0 bridgehead atoms. The smallest absolute Gasteiger partial charge is 0.0406 e. The quantitative estimate of drug-likeness (QED) is 0.882. The van der Waals surface area contributed by atoms with Gasteiger partial charge in [0, 0.05) is 18.1 Å². The number of halogens is 1. The zero-order valence-corrected chi connectivity index (χ0v) is 11.9. The minimum Gasteiger partial charge on any atom is -0.319 e. The molecule has 0 radical (unpaired) electrons. The average molecular weight is 267 g/mol. The molecule has 2 nitrogen and oxygen atoms in total. The molecule has 0 amide bonds. The normalized spacial score (nSPS) is 21.1. The second-order valence-corrected chi connectivity index (χ2v) is 5.68. The summed E-state index contributed by atoms with van der Waals surface area (Å²) in [6.45, 7) is 4.82. The monoisotopic (exact) mass is 266 g/mol. The molecule has 1 aromatic rings. The van der Waals surface area contributed by atoms with Crippen LogP contribution in [0.15, 0.2) is 24.3 Å². The molecule has 1 N–H and O–H groups in total. The molecule has 2 rings (SSSR count). The summed E-state index contributed by atoms with van der Waals surface area (Å²) in [5.74, 6) is 0.828. The molecule has 0 aromatic heterocycles. The van der Waals surface area contributed by atoms with Crippen LogP contribution in [0.4, 0.5) is 0 Å². The Morgan fingerprint density at radius 2 is 2.11 bits per heavy atom. The maximum Gasteiger partial charge on any atom is 0.0406 e. The van der Waals surface area contributed by atoms with Crippen LogP contribution in [0.5, 0.6) is 0 Å². The molecular formula is C15H23ClN2. The van der Waals surface area contributed by atoms with Crippen molar-refractivity contribution in [3.8, 4) is 0 Å². The number of hydrogen-bond acceptors (Lipinski definition) is 2. The minimum absolute atomic E-state index is 0.825. The van der Waals surface area contributed by atoms with Crippen LogP contribution in [0.2, 0.25) is 5.02 Å². The van der Waals surface area contributed by atoms with Crippen LogP contribution in [-0.4, -0.2) is 38.1 Å². The van der Waals surface area contributed by atoms with Crippen LogP contribution in [-0.2, 0) is 6.42 Å². The summed E-state index contributed by atoms with van der Waals surface area (Å²) in [7, 11) is 2.05. The third kappa shape index (κ3) is 4.27. The van der Waals surface area contributed by atoms with Gasteiger partial charge in [-0.05, 0) is 63.0 Å². The molecule has 1 atom stereocenters. The highest BCUT2D eigenvalue weighted by atomic mass is 35.5. The summed E-state index contributed by atoms with van der Waals surface area (Å²) in [6.07, 6.45) is 3.84. The highest BCUT2D eigenvalue weighted by Crippen LogP contribution is 2.16. The summed E-state index contributed by atoms with van der Waals surface area (Å²) in [4.78, 5) is 2.60. The number of nitrogens with zero attached hydrogens (tertiary/aromatic N) is 1. The summed E-state index contributed by atoms with van der Waals surface area (Å²) >= 11 is 5.90. The maximum absolute atomic E-state index is 5.90. The first-order valence-corrected chi connectivity index (χ1v) is 7.27. The Hall–Kier alpha value is -0.570. The van der Waals surface area contributed by atoms with Gasteiger partial charge in [0.2, 0.25) is 0 Å². The molecule has 1 aliphatic rings. The minimum atomic E-state index is 0.825. The lowest BCUT2D eigenvalue weighted by molar-refractivity contribution is 0.175. The lowest BCUT2D eigenvalue weighted by Gasteiger charge is -2.32. The maximum atomic E-state index is 5.90. The van der Waals surface area contributed by atoms with Crippen molar-refractivity contribution in [1.82, 2.24) is 10.2 Å². The van der Waals surface area contributed by atoms with Crippen LogP contribution in [0.25, 0.3) is 0 Å². The van der Waals surface area contributed by atoms with E-state index in [2.05, 4.69) is 22.3 Å². The standard InChI is InChI=1S/C15H23ClN2/c1-17-11-14-3-2-9-18(12-14)10-8-13-4-6-15(16)7-5-13/h4-7,14,17H,2-3,8-12H2,1H3. The van der Waals surface area contributed by atoms with E-state index in [-0.39, 0.29) is 0 Å². The summed E-state index contributed by atoms with van der Waals surface area (Å²) in [5.41, 5.74) is 1.38. The van der Waals surface area contributed by atoms with E-state index in [1.165, 1.54) is 38.0 Å². The van der Waals surface area contributed by atoms with E-state index < -0.39 is 0 Å². The van der Waals surface area contributed by atoms with Crippen molar-refractivity contribution in [2.45, 2.75) is 19.3 Å². The molecule has 18 heavy (non-hydrogen) atoms. The molecule has 1 aromatic carbocycles.